The monoisotopic (exact) mass is 486 g/mol. The van der Waals surface area contributed by atoms with Crippen LogP contribution in [0.2, 0.25) is 5.02 Å². The van der Waals surface area contributed by atoms with Gasteiger partial charge in [-0.1, -0.05) is 55.8 Å². The van der Waals surface area contributed by atoms with E-state index in [1.54, 1.807) is 13.8 Å². The number of carbonyl (C=O) groups is 1. The zero-order valence-corrected chi connectivity index (χ0v) is 18.4. The van der Waals surface area contributed by atoms with Crippen LogP contribution in [0.5, 0.6) is 0 Å². The second-order valence-electron chi connectivity index (χ2n) is 8.52. The summed E-state index contributed by atoms with van der Waals surface area (Å²) in [7, 11) is 0. The topological polar surface area (TPSA) is 41.6 Å². The van der Waals surface area contributed by atoms with E-state index in [1.165, 1.54) is 29.2 Å². The first-order chi connectivity index (χ1) is 15.4. The van der Waals surface area contributed by atoms with Crippen molar-refractivity contribution in [1.82, 2.24) is 10.4 Å². The number of nitrogens with zero attached hydrogens (tertiary/aromatic N) is 1. The third-order valence-electron chi connectivity index (χ3n) is 5.84. The molecular formula is C23H20ClF5N2O2. The Balaban J connectivity index is 1.60. The molecule has 0 radical (unpaired) electrons. The van der Waals surface area contributed by atoms with Crippen LogP contribution in [0.3, 0.4) is 0 Å². The standard InChI is InChI=1S/C23H20ClF5N2O2/c1-13(2)20(32)31-11-21(26,12-31)15-5-3-14(4-6-15)19-10-22(33-30-19,23(27,28)29)16-7-8-18(25)17(24)9-16/h3-10,13,30H,11-12H2,1-2H3. The molecule has 2 heterocycles. The summed E-state index contributed by atoms with van der Waals surface area (Å²) in [5, 5.41) is -0.468. The molecule has 0 aromatic heterocycles. The van der Waals surface area contributed by atoms with Crippen LogP contribution >= 0.6 is 11.6 Å². The average Bonchev–Trinajstić information content (AvgIpc) is 3.20. The van der Waals surface area contributed by atoms with Crippen molar-refractivity contribution in [1.29, 1.82) is 0 Å². The van der Waals surface area contributed by atoms with Gasteiger partial charge in [-0.3, -0.25) is 15.1 Å². The Labute approximate surface area is 191 Å². The van der Waals surface area contributed by atoms with Crippen LogP contribution in [-0.2, 0) is 20.9 Å². The van der Waals surface area contributed by atoms with Gasteiger partial charge in [0.25, 0.3) is 0 Å². The molecule has 0 bridgehead atoms. The van der Waals surface area contributed by atoms with Crippen molar-refractivity contribution in [3.8, 4) is 0 Å². The summed E-state index contributed by atoms with van der Waals surface area (Å²) in [5.74, 6) is -1.22. The smallest absolute Gasteiger partial charge is 0.335 e. The molecule has 2 aromatic carbocycles. The minimum atomic E-state index is -4.88. The van der Waals surface area contributed by atoms with Gasteiger partial charge in [0.05, 0.1) is 23.8 Å². The predicted molar refractivity (Wildman–Crippen MR) is 112 cm³/mol. The van der Waals surface area contributed by atoms with Crippen LogP contribution in [-0.4, -0.2) is 30.1 Å². The highest BCUT2D eigenvalue weighted by Gasteiger charge is 2.59. The number of nitrogens with one attached hydrogen (secondary N) is 1. The zero-order chi connectivity index (χ0) is 24.2. The predicted octanol–water partition coefficient (Wildman–Crippen LogP) is 5.48. The number of alkyl halides is 4. The summed E-state index contributed by atoms with van der Waals surface area (Å²) in [4.78, 5) is 18.4. The number of carbonyl (C=O) groups excluding carboxylic acids is 1. The molecule has 1 N–H and O–H groups in total. The number of likely N-dealkylation sites (tertiary alicyclic amines) is 1. The third-order valence-corrected chi connectivity index (χ3v) is 6.13. The fourth-order valence-corrected chi connectivity index (χ4v) is 4.10. The molecule has 1 atom stereocenters. The van der Waals surface area contributed by atoms with Gasteiger partial charge in [-0.2, -0.15) is 13.2 Å². The lowest BCUT2D eigenvalue weighted by Crippen LogP contribution is -2.59. The first-order valence-electron chi connectivity index (χ1n) is 10.1. The summed E-state index contributed by atoms with van der Waals surface area (Å²) >= 11 is 5.69. The van der Waals surface area contributed by atoms with Gasteiger partial charge in [-0.05, 0) is 29.3 Å². The quantitative estimate of drug-likeness (QED) is 0.582. The molecule has 4 nitrogen and oxygen atoms in total. The lowest BCUT2D eigenvalue weighted by Gasteiger charge is -2.45. The summed E-state index contributed by atoms with van der Waals surface area (Å²) < 4.78 is 70.7. The molecule has 1 unspecified atom stereocenters. The van der Waals surface area contributed by atoms with E-state index >= 15 is 4.39 Å². The molecule has 1 saturated heterocycles. The highest BCUT2D eigenvalue weighted by molar-refractivity contribution is 6.30. The molecule has 10 heteroatoms. The van der Waals surface area contributed by atoms with Gasteiger partial charge in [-0.25, -0.2) is 8.78 Å². The number of amides is 1. The molecule has 4 rings (SSSR count). The fraction of sp³-hybridized carbons (Fsp3) is 0.348. The Morgan fingerprint density at radius 3 is 2.27 bits per heavy atom. The van der Waals surface area contributed by atoms with E-state index in [0.717, 1.165) is 24.3 Å². The SMILES string of the molecule is CC(C)C(=O)N1CC(F)(c2ccc(C3=CC(c4ccc(F)c(Cl)c4)(C(F)(F)F)ON3)cc2)C1. The fourth-order valence-electron chi connectivity index (χ4n) is 3.92. The number of benzene rings is 2. The molecule has 176 valence electrons. The van der Waals surface area contributed by atoms with Crippen LogP contribution < -0.4 is 5.48 Å². The average molecular weight is 487 g/mol. The third kappa shape index (κ3) is 3.97. The van der Waals surface area contributed by atoms with E-state index < -0.39 is 33.8 Å². The van der Waals surface area contributed by atoms with E-state index in [9.17, 15) is 22.4 Å². The van der Waals surface area contributed by atoms with E-state index in [-0.39, 0.29) is 30.6 Å². The van der Waals surface area contributed by atoms with Crippen LogP contribution in [0.1, 0.15) is 30.5 Å². The number of hydrogen-bond donors (Lipinski definition) is 1. The first-order valence-corrected chi connectivity index (χ1v) is 10.5. The molecule has 0 saturated carbocycles. The highest BCUT2D eigenvalue weighted by atomic mass is 35.5. The van der Waals surface area contributed by atoms with E-state index in [0.29, 0.717) is 11.1 Å². The second kappa shape index (κ2) is 7.99. The van der Waals surface area contributed by atoms with Gasteiger partial charge in [0, 0.05) is 11.5 Å². The van der Waals surface area contributed by atoms with Gasteiger partial charge in [-0.15, -0.1) is 0 Å². The van der Waals surface area contributed by atoms with Gasteiger partial charge >= 0.3 is 6.18 Å². The van der Waals surface area contributed by atoms with Crippen molar-refractivity contribution in [2.24, 2.45) is 5.92 Å². The molecular weight excluding hydrogens is 467 g/mol. The lowest BCUT2D eigenvalue weighted by atomic mass is 9.86. The van der Waals surface area contributed by atoms with Crippen molar-refractivity contribution >= 4 is 23.2 Å². The molecule has 33 heavy (non-hydrogen) atoms. The molecule has 0 spiro atoms. The molecule has 2 aliphatic heterocycles. The molecule has 2 aromatic rings. The minimum Gasteiger partial charge on any atom is -0.335 e. The molecule has 2 aliphatic rings. The van der Waals surface area contributed by atoms with Gasteiger partial charge in [0.2, 0.25) is 11.5 Å². The maximum Gasteiger partial charge on any atom is 0.428 e. The Bertz CT molecular complexity index is 1110. The van der Waals surface area contributed by atoms with Crippen LogP contribution in [0.15, 0.2) is 48.5 Å². The Morgan fingerprint density at radius 2 is 1.73 bits per heavy atom. The summed E-state index contributed by atoms with van der Waals surface area (Å²) in [6.45, 7) is 3.33. The zero-order valence-electron chi connectivity index (χ0n) is 17.6. The number of rotatable bonds is 4. The Kier molecular flexibility index (Phi) is 5.69. The van der Waals surface area contributed by atoms with E-state index in [2.05, 4.69) is 5.48 Å². The summed E-state index contributed by atoms with van der Waals surface area (Å²) in [5.41, 5.74) is -2.04. The normalized spacial score (nSPS) is 22.1. The van der Waals surface area contributed by atoms with Crippen molar-refractivity contribution in [2.75, 3.05) is 13.1 Å². The Hall–Kier alpha value is -2.65. The van der Waals surface area contributed by atoms with Crippen LogP contribution in [0.25, 0.3) is 5.70 Å². The number of halogens is 6. The molecule has 1 amide bonds. The maximum absolute atomic E-state index is 15.2. The van der Waals surface area contributed by atoms with E-state index in [1.807, 2.05) is 0 Å². The van der Waals surface area contributed by atoms with Crippen molar-refractivity contribution in [3.05, 3.63) is 76.1 Å². The number of hydrogen-bond acceptors (Lipinski definition) is 3. The Morgan fingerprint density at radius 1 is 1.12 bits per heavy atom. The maximum atomic E-state index is 15.2. The lowest BCUT2D eigenvalue weighted by molar-refractivity contribution is -0.269. The van der Waals surface area contributed by atoms with Crippen LogP contribution in [0, 0.1) is 11.7 Å². The minimum absolute atomic E-state index is 0.0115. The number of hydroxylamine groups is 1. The molecule has 1 fully saturated rings. The molecule has 0 aliphatic carbocycles. The van der Waals surface area contributed by atoms with Crippen molar-refractivity contribution in [2.45, 2.75) is 31.3 Å². The highest BCUT2D eigenvalue weighted by Crippen LogP contribution is 2.48. The van der Waals surface area contributed by atoms with Gasteiger partial charge in [0.1, 0.15) is 5.82 Å². The van der Waals surface area contributed by atoms with E-state index in [4.69, 9.17) is 16.4 Å². The van der Waals surface area contributed by atoms with Gasteiger partial charge < -0.3 is 4.90 Å². The van der Waals surface area contributed by atoms with Crippen molar-refractivity contribution in [3.63, 3.8) is 0 Å². The largest absolute Gasteiger partial charge is 0.428 e. The van der Waals surface area contributed by atoms with Crippen molar-refractivity contribution < 1.29 is 31.6 Å². The van der Waals surface area contributed by atoms with Gasteiger partial charge in [0.15, 0.2) is 5.67 Å². The summed E-state index contributed by atoms with van der Waals surface area (Å²) in [6.07, 6.45) is -4.05. The summed E-state index contributed by atoms with van der Waals surface area (Å²) in [6, 6.07) is 8.52. The first kappa shape index (κ1) is 23.5. The second-order valence-corrected chi connectivity index (χ2v) is 8.92. The van der Waals surface area contributed by atoms with Crippen LogP contribution in [0.4, 0.5) is 22.0 Å².